The molecular formula is C21H28N2O4. The van der Waals surface area contributed by atoms with E-state index in [2.05, 4.69) is 24.5 Å². The van der Waals surface area contributed by atoms with Crippen LogP contribution in [-0.2, 0) is 4.79 Å². The first-order chi connectivity index (χ1) is 13.0. The number of para-hydroxylation sites is 1. The van der Waals surface area contributed by atoms with E-state index in [0.29, 0.717) is 36.1 Å². The second kappa shape index (κ2) is 9.71. The average molecular weight is 372 g/mol. The molecule has 0 fully saturated rings. The van der Waals surface area contributed by atoms with Gasteiger partial charge in [-0.25, -0.2) is 0 Å². The summed E-state index contributed by atoms with van der Waals surface area (Å²) >= 11 is 0. The van der Waals surface area contributed by atoms with Gasteiger partial charge >= 0.3 is 0 Å². The van der Waals surface area contributed by atoms with Gasteiger partial charge in [-0.05, 0) is 17.5 Å². The van der Waals surface area contributed by atoms with Crippen LogP contribution in [0.4, 0.5) is 11.4 Å². The molecule has 0 aliphatic rings. The predicted molar refractivity (Wildman–Crippen MR) is 108 cm³/mol. The summed E-state index contributed by atoms with van der Waals surface area (Å²) < 4.78 is 16.0. The Labute approximate surface area is 160 Å². The minimum Gasteiger partial charge on any atom is -0.493 e. The highest BCUT2D eigenvalue weighted by molar-refractivity contribution is 5.91. The van der Waals surface area contributed by atoms with Crippen molar-refractivity contribution in [3.05, 3.63) is 42.0 Å². The minimum atomic E-state index is -0.0389. The van der Waals surface area contributed by atoms with Crippen LogP contribution in [0.15, 0.2) is 36.4 Å². The molecule has 6 nitrogen and oxygen atoms in total. The second-order valence-corrected chi connectivity index (χ2v) is 6.38. The highest BCUT2D eigenvalue weighted by atomic mass is 16.5. The normalized spacial score (nSPS) is 10.4. The van der Waals surface area contributed by atoms with Gasteiger partial charge in [0.05, 0.1) is 21.3 Å². The Kier molecular flexibility index (Phi) is 7.34. The molecular weight excluding hydrogens is 344 g/mol. The molecule has 2 N–H and O–H groups in total. The minimum absolute atomic E-state index is 0.0389. The summed E-state index contributed by atoms with van der Waals surface area (Å²) in [6.45, 7) is 4.70. The fourth-order valence-corrected chi connectivity index (χ4v) is 2.83. The maximum Gasteiger partial charge on any atom is 0.226 e. The van der Waals surface area contributed by atoms with Gasteiger partial charge in [-0.15, -0.1) is 0 Å². The number of nitrogens with one attached hydrogen (secondary N) is 2. The van der Waals surface area contributed by atoms with Gasteiger partial charge in [-0.3, -0.25) is 4.79 Å². The molecule has 0 saturated carbocycles. The predicted octanol–water partition coefficient (Wildman–Crippen LogP) is 4.28. The number of carbonyl (C=O) groups excluding carboxylic acids is 1. The topological polar surface area (TPSA) is 68.8 Å². The molecule has 146 valence electrons. The van der Waals surface area contributed by atoms with Crippen molar-refractivity contribution in [2.75, 3.05) is 38.5 Å². The Morgan fingerprint density at radius 2 is 1.63 bits per heavy atom. The van der Waals surface area contributed by atoms with Crippen LogP contribution >= 0.6 is 0 Å². The molecule has 1 amide bonds. The van der Waals surface area contributed by atoms with Crippen LogP contribution < -0.4 is 24.8 Å². The van der Waals surface area contributed by atoms with E-state index in [1.54, 1.807) is 21.3 Å². The number of hydrogen-bond acceptors (Lipinski definition) is 5. The maximum atomic E-state index is 12.3. The summed E-state index contributed by atoms with van der Waals surface area (Å²) in [5, 5.41) is 6.22. The van der Waals surface area contributed by atoms with Crippen molar-refractivity contribution < 1.29 is 19.0 Å². The number of carbonyl (C=O) groups is 1. The van der Waals surface area contributed by atoms with E-state index in [1.165, 1.54) is 0 Å². The van der Waals surface area contributed by atoms with Gasteiger partial charge in [0.15, 0.2) is 11.5 Å². The van der Waals surface area contributed by atoms with Gasteiger partial charge in [-0.1, -0.05) is 32.0 Å². The molecule has 0 unspecified atom stereocenters. The van der Waals surface area contributed by atoms with Crippen LogP contribution in [0.5, 0.6) is 17.2 Å². The van der Waals surface area contributed by atoms with Crippen LogP contribution in [0, 0.1) is 0 Å². The summed E-state index contributed by atoms with van der Waals surface area (Å²) in [4.78, 5) is 12.3. The zero-order valence-corrected chi connectivity index (χ0v) is 16.6. The van der Waals surface area contributed by atoms with Gasteiger partial charge in [0.25, 0.3) is 0 Å². The fourth-order valence-electron chi connectivity index (χ4n) is 2.83. The largest absolute Gasteiger partial charge is 0.493 e. The number of anilines is 2. The molecule has 0 spiro atoms. The number of hydrogen-bond donors (Lipinski definition) is 2. The Balaban J connectivity index is 1.97. The Hall–Kier alpha value is -2.89. The van der Waals surface area contributed by atoms with E-state index in [9.17, 15) is 4.79 Å². The maximum absolute atomic E-state index is 12.3. The van der Waals surface area contributed by atoms with Gasteiger partial charge in [0, 0.05) is 36.5 Å². The van der Waals surface area contributed by atoms with E-state index in [1.807, 2.05) is 36.4 Å². The first-order valence-corrected chi connectivity index (χ1v) is 8.92. The molecule has 0 saturated heterocycles. The van der Waals surface area contributed by atoms with Crippen LogP contribution in [0.2, 0.25) is 0 Å². The molecule has 2 aromatic rings. The second-order valence-electron chi connectivity index (χ2n) is 6.38. The SMILES string of the molecule is COc1cc(NCCC(=O)Nc2ccccc2C(C)C)cc(OC)c1OC. The lowest BCUT2D eigenvalue weighted by Crippen LogP contribution is -2.17. The van der Waals surface area contributed by atoms with E-state index in [0.717, 1.165) is 16.9 Å². The summed E-state index contributed by atoms with van der Waals surface area (Å²) in [6.07, 6.45) is 0.336. The molecule has 27 heavy (non-hydrogen) atoms. The van der Waals surface area contributed by atoms with Crippen molar-refractivity contribution >= 4 is 17.3 Å². The molecule has 0 radical (unpaired) electrons. The fraction of sp³-hybridized carbons (Fsp3) is 0.381. The summed E-state index contributed by atoms with van der Waals surface area (Å²) in [6, 6.07) is 11.5. The number of benzene rings is 2. The van der Waals surface area contributed by atoms with Crippen LogP contribution in [0.25, 0.3) is 0 Å². The molecule has 6 heteroatoms. The lowest BCUT2D eigenvalue weighted by Gasteiger charge is -2.16. The highest BCUT2D eigenvalue weighted by Gasteiger charge is 2.13. The number of rotatable bonds is 9. The molecule has 0 aliphatic heterocycles. The molecule has 2 rings (SSSR count). The number of ether oxygens (including phenoxy) is 3. The van der Waals surface area contributed by atoms with Gasteiger partial charge < -0.3 is 24.8 Å². The van der Waals surface area contributed by atoms with Gasteiger partial charge in [0.2, 0.25) is 11.7 Å². The molecule has 0 heterocycles. The monoisotopic (exact) mass is 372 g/mol. The Morgan fingerprint density at radius 1 is 1.00 bits per heavy atom. The lowest BCUT2D eigenvalue weighted by molar-refractivity contribution is -0.115. The van der Waals surface area contributed by atoms with Crippen LogP contribution in [-0.4, -0.2) is 33.8 Å². The van der Waals surface area contributed by atoms with Crippen LogP contribution in [0.3, 0.4) is 0 Å². The number of methoxy groups -OCH3 is 3. The standard InChI is InChI=1S/C21H28N2O4/c1-14(2)16-8-6-7-9-17(16)23-20(24)10-11-22-15-12-18(25-3)21(27-5)19(13-15)26-4/h6-9,12-14,22H,10-11H2,1-5H3,(H,23,24). The van der Waals surface area contributed by atoms with Crippen molar-refractivity contribution in [2.24, 2.45) is 0 Å². The Bertz CT molecular complexity index is 750. The summed E-state index contributed by atoms with van der Waals surface area (Å²) in [5.41, 5.74) is 2.79. The molecule has 0 aromatic heterocycles. The molecule has 2 aromatic carbocycles. The van der Waals surface area contributed by atoms with Crippen molar-refractivity contribution in [1.82, 2.24) is 0 Å². The van der Waals surface area contributed by atoms with E-state index in [4.69, 9.17) is 14.2 Å². The Morgan fingerprint density at radius 3 is 2.19 bits per heavy atom. The van der Waals surface area contributed by atoms with Gasteiger partial charge in [0.1, 0.15) is 0 Å². The first-order valence-electron chi connectivity index (χ1n) is 8.92. The molecule has 0 atom stereocenters. The third kappa shape index (κ3) is 5.29. The average Bonchev–Trinajstić information content (AvgIpc) is 2.67. The van der Waals surface area contributed by atoms with Crippen molar-refractivity contribution in [3.63, 3.8) is 0 Å². The third-order valence-electron chi connectivity index (χ3n) is 4.20. The molecule has 0 bridgehead atoms. The van der Waals surface area contributed by atoms with Crippen molar-refractivity contribution in [1.29, 1.82) is 0 Å². The summed E-state index contributed by atoms with van der Waals surface area (Å²) in [5.74, 6) is 1.97. The van der Waals surface area contributed by atoms with E-state index >= 15 is 0 Å². The zero-order valence-electron chi connectivity index (χ0n) is 16.6. The smallest absolute Gasteiger partial charge is 0.226 e. The molecule has 0 aliphatic carbocycles. The third-order valence-corrected chi connectivity index (χ3v) is 4.20. The van der Waals surface area contributed by atoms with Crippen LogP contribution in [0.1, 0.15) is 31.7 Å². The van der Waals surface area contributed by atoms with Crippen molar-refractivity contribution in [2.45, 2.75) is 26.2 Å². The first kappa shape index (κ1) is 20.4. The highest BCUT2D eigenvalue weighted by Crippen LogP contribution is 2.39. The lowest BCUT2D eigenvalue weighted by atomic mass is 10.0. The summed E-state index contributed by atoms with van der Waals surface area (Å²) in [7, 11) is 4.70. The van der Waals surface area contributed by atoms with Gasteiger partial charge in [-0.2, -0.15) is 0 Å². The van der Waals surface area contributed by atoms with E-state index in [-0.39, 0.29) is 5.91 Å². The quantitative estimate of drug-likeness (QED) is 0.688. The van der Waals surface area contributed by atoms with E-state index < -0.39 is 0 Å². The number of amides is 1. The zero-order chi connectivity index (χ0) is 19.8. The van der Waals surface area contributed by atoms with Crippen molar-refractivity contribution in [3.8, 4) is 17.2 Å².